The van der Waals surface area contributed by atoms with Crippen LogP contribution in [0.15, 0.2) is 35.5 Å². The molecule has 0 unspecified atom stereocenters. The van der Waals surface area contributed by atoms with E-state index < -0.39 is 6.04 Å². The first-order valence-electron chi connectivity index (χ1n) is 10.4. The predicted octanol–water partition coefficient (Wildman–Crippen LogP) is 2.15. The van der Waals surface area contributed by atoms with Crippen LogP contribution < -0.4 is 5.32 Å². The molecule has 2 amide bonds. The third kappa shape index (κ3) is 4.79. The van der Waals surface area contributed by atoms with Gasteiger partial charge in [0.2, 0.25) is 0 Å². The molecule has 1 aromatic carbocycles. The van der Waals surface area contributed by atoms with E-state index in [1.54, 1.807) is 11.8 Å². The number of likely N-dealkylation sites (N-methyl/N-ethyl adjacent to an activating group) is 2. The molecule has 0 bridgehead atoms. The fourth-order valence-electron chi connectivity index (χ4n) is 3.98. The van der Waals surface area contributed by atoms with Crippen molar-refractivity contribution in [2.24, 2.45) is 0 Å². The summed E-state index contributed by atoms with van der Waals surface area (Å²) < 4.78 is 5.43. The van der Waals surface area contributed by atoms with Gasteiger partial charge in [-0.2, -0.15) is 0 Å². The number of ether oxygens (including phenoxy) is 1. The van der Waals surface area contributed by atoms with E-state index in [4.69, 9.17) is 4.74 Å². The first kappa shape index (κ1) is 21.3. The van der Waals surface area contributed by atoms with Crippen LogP contribution in [0.5, 0.6) is 0 Å². The lowest BCUT2D eigenvalue weighted by molar-refractivity contribution is -0.139. The van der Waals surface area contributed by atoms with Crippen molar-refractivity contribution in [2.45, 2.75) is 26.8 Å². The number of hydrogen-bond donors (Lipinski definition) is 1. The number of carbonyl (C=O) groups is 2. The first-order chi connectivity index (χ1) is 13.9. The normalized spacial score (nSPS) is 21.3. The van der Waals surface area contributed by atoms with E-state index in [-0.39, 0.29) is 12.0 Å². The molecule has 1 atom stereocenters. The zero-order valence-electron chi connectivity index (χ0n) is 17.9. The van der Waals surface area contributed by atoms with Gasteiger partial charge in [0.1, 0.15) is 0 Å². The number of carbonyl (C=O) groups excluding carboxylic acids is 2. The average Bonchev–Trinajstić information content (AvgIpc) is 2.69. The second kappa shape index (κ2) is 9.41. The molecule has 1 N–H and O–H groups in total. The molecule has 3 rings (SSSR count). The van der Waals surface area contributed by atoms with E-state index >= 15 is 0 Å². The van der Waals surface area contributed by atoms with Gasteiger partial charge in [0.05, 0.1) is 18.2 Å². The Morgan fingerprint density at radius 2 is 1.93 bits per heavy atom. The van der Waals surface area contributed by atoms with Crippen molar-refractivity contribution in [1.29, 1.82) is 0 Å². The largest absolute Gasteiger partial charge is 0.463 e. The van der Waals surface area contributed by atoms with E-state index in [1.165, 1.54) is 0 Å². The lowest BCUT2D eigenvalue weighted by Crippen LogP contribution is -2.52. The number of benzene rings is 1. The second-order valence-corrected chi connectivity index (χ2v) is 7.70. The summed E-state index contributed by atoms with van der Waals surface area (Å²) in [4.78, 5) is 32.3. The third-order valence-electron chi connectivity index (χ3n) is 5.59. The highest BCUT2D eigenvalue weighted by atomic mass is 16.5. The minimum absolute atomic E-state index is 0.170. The monoisotopic (exact) mass is 400 g/mol. The van der Waals surface area contributed by atoms with Crippen molar-refractivity contribution < 1.29 is 14.3 Å². The number of piperazine rings is 1. The summed E-state index contributed by atoms with van der Waals surface area (Å²) in [6.07, 6.45) is 0. The number of hydrogen-bond acceptors (Lipinski definition) is 5. The van der Waals surface area contributed by atoms with Gasteiger partial charge in [0.25, 0.3) is 0 Å². The van der Waals surface area contributed by atoms with Gasteiger partial charge in [-0.15, -0.1) is 0 Å². The van der Waals surface area contributed by atoms with Crippen LogP contribution in [-0.2, 0) is 9.53 Å². The van der Waals surface area contributed by atoms with Gasteiger partial charge in [-0.1, -0.05) is 29.8 Å². The number of urea groups is 1. The summed E-state index contributed by atoms with van der Waals surface area (Å²) in [5.41, 5.74) is 3.27. The van der Waals surface area contributed by atoms with Crippen molar-refractivity contribution >= 4 is 12.0 Å². The van der Waals surface area contributed by atoms with Crippen molar-refractivity contribution in [3.05, 3.63) is 46.7 Å². The van der Waals surface area contributed by atoms with Crippen LogP contribution in [0.3, 0.4) is 0 Å². The smallest absolute Gasteiger partial charge is 0.338 e. The zero-order chi connectivity index (χ0) is 21.0. The molecule has 1 saturated heterocycles. The van der Waals surface area contributed by atoms with Crippen LogP contribution in [-0.4, -0.2) is 79.6 Å². The Morgan fingerprint density at radius 3 is 2.55 bits per heavy atom. The molecule has 29 heavy (non-hydrogen) atoms. The van der Waals surface area contributed by atoms with Gasteiger partial charge in [-0.25, -0.2) is 9.59 Å². The molecular formula is C22H32N4O3. The Bertz CT molecular complexity index is 784. The molecule has 2 heterocycles. The van der Waals surface area contributed by atoms with Crippen LogP contribution in [0, 0.1) is 6.92 Å². The summed E-state index contributed by atoms with van der Waals surface area (Å²) >= 11 is 0. The molecule has 1 fully saturated rings. The Balaban J connectivity index is 2.05. The molecule has 0 saturated carbocycles. The van der Waals surface area contributed by atoms with Gasteiger partial charge < -0.3 is 15.0 Å². The van der Waals surface area contributed by atoms with Crippen LogP contribution in [0.2, 0.25) is 0 Å². The van der Waals surface area contributed by atoms with Crippen molar-refractivity contribution in [1.82, 2.24) is 20.0 Å². The van der Waals surface area contributed by atoms with E-state index in [1.807, 2.05) is 38.1 Å². The maximum absolute atomic E-state index is 13.1. The van der Waals surface area contributed by atoms with E-state index in [0.29, 0.717) is 25.3 Å². The highest BCUT2D eigenvalue weighted by Gasteiger charge is 2.38. The van der Waals surface area contributed by atoms with Crippen LogP contribution in [0.25, 0.3) is 0 Å². The van der Waals surface area contributed by atoms with Crippen molar-refractivity contribution in [3.8, 4) is 0 Å². The Morgan fingerprint density at radius 1 is 1.21 bits per heavy atom. The first-order valence-corrected chi connectivity index (χ1v) is 10.4. The second-order valence-electron chi connectivity index (χ2n) is 7.70. The molecule has 1 aromatic rings. The number of amides is 2. The molecular weight excluding hydrogens is 368 g/mol. The molecule has 7 nitrogen and oxygen atoms in total. The molecule has 158 valence electrons. The third-order valence-corrected chi connectivity index (χ3v) is 5.59. The summed E-state index contributed by atoms with van der Waals surface area (Å²) in [6.45, 7) is 10.9. The predicted molar refractivity (Wildman–Crippen MR) is 112 cm³/mol. The standard InChI is InChI=1S/C22H32N4O3/c1-5-26-18(15-25-12-10-24(4)11-13-25)19(21(27)29-6-2)20(23-22(26)28)17-9-7-8-16(3)14-17/h7-9,14,20H,5-6,10-13,15H2,1-4H3,(H,23,28)/t20-/m1/s1. The lowest BCUT2D eigenvalue weighted by Gasteiger charge is -2.40. The molecule has 0 spiro atoms. The van der Waals surface area contributed by atoms with Gasteiger partial charge in [0, 0.05) is 45.0 Å². The minimum atomic E-state index is -0.508. The number of rotatable bonds is 6. The molecule has 0 aromatic heterocycles. The Kier molecular flexibility index (Phi) is 6.92. The minimum Gasteiger partial charge on any atom is -0.463 e. The number of nitrogens with one attached hydrogen (secondary N) is 1. The summed E-state index contributed by atoms with van der Waals surface area (Å²) in [5, 5.41) is 3.03. The average molecular weight is 401 g/mol. The van der Waals surface area contributed by atoms with Crippen LogP contribution in [0.4, 0.5) is 4.79 Å². The van der Waals surface area contributed by atoms with Crippen LogP contribution >= 0.6 is 0 Å². The maximum atomic E-state index is 13.1. The molecule has 7 heteroatoms. The number of esters is 1. The number of aryl methyl sites for hydroxylation is 1. The van der Waals surface area contributed by atoms with Crippen LogP contribution in [0.1, 0.15) is 31.0 Å². The number of nitrogens with zero attached hydrogens (tertiary/aromatic N) is 3. The maximum Gasteiger partial charge on any atom is 0.338 e. The van der Waals surface area contributed by atoms with E-state index in [2.05, 4.69) is 22.2 Å². The Labute approximate surface area is 173 Å². The van der Waals surface area contributed by atoms with Gasteiger partial charge in [-0.05, 0) is 33.4 Å². The van der Waals surface area contributed by atoms with Crippen molar-refractivity contribution in [2.75, 3.05) is 52.9 Å². The topological polar surface area (TPSA) is 65.1 Å². The fraction of sp³-hybridized carbons (Fsp3) is 0.545. The quantitative estimate of drug-likeness (QED) is 0.742. The zero-order valence-corrected chi connectivity index (χ0v) is 17.9. The fourth-order valence-corrected chi connectivity index (χ4v) is 3.98. The lowest BCUT2D eigenvalue weighted by atomic mass is 9.93. The SMILES string of the molecule is CCOC(=O)C1=C(CN2CCN(C)CC2)N(CC)C(=O)N[C@@H]1c1cccc(C)c1. The highest BCUT2D eigenvalue weighted by molar-refractivity contribution is 5.95. The molecule has 2 aliphatic heterocycles. The molecule has 2 aliphatic rings. The van der Waals surface area contributed by atoms with Gasteiger partial charge in [-0.3, -0.25) is 9.80 Å². The summed E-state index contributed by atoms with van der Waals surface area (Å²) in [6, 6.07) is 7.24. The van der Waals surface area contributed by atoms with Gasteiger partial charge in [0.15, 0.2) is 0 Å². The summed E-state index contributed by atoms with van der Waals surface area (Å²) in [7, 11) is 2.11. The van der Waals surface area contributed by atoms with E-state index in [9.17, 15) is 9.59 Å². The van der Waals surface area contributed by atoms with E-state index in [0.717, 1.165) is 43.0 Å². The van der Waals surface area contributed by atoms with Crippen molar-refractivity contribution in [3.63, 3.8) is 0 Å². The molecule has 0 aliphatic carbocycles. The van der Waals surface area contributed by atoms with Gasteiger partial charge >= 0.3 is 12.0 Å². The molecule has 0 radical (unpaired) electrons. The highest BCUT2D eigenvalue weighted by Crippen LogP contribution is 2.32. The Hall–Kier alpha value is -2.38. The summed E-state index contributed by atoms with van der Waals surface area (Å²) in [5.74, 6) is -0.360.